The molecule has 106 valence electrons. The lowest BCUT2D eigenvalue weighted by Crippen LogP contribution is -2.49. The first-order chi connectivity index (χ1) is 8.57. The summed E-state index contributed by atoms with van der Waals surface area (Å²) in [4.78, 5) is 24.7. The third-order valence-electron chi connectivity index (χ3n) is 2.89. The summed E-state index contributed by atoms with van der Waals surface area (Å²) in [5.74, 6) is -1.41. The zero-order valence-corrected chi connectivity index (χ0v) is 12.5. The molecule has 0 aliphatic heterocycles. The lowest BCUT2D eigenvalue weighted by Gasteiger charge is -2.29. The normalized spacial score (nSPS) is 13.2. The van der Waals surface area contributed by atoms with Crippen LogP contribution in [0.25, 0.3) is 0 Å². The molecule has 0 spiro atoms. The highest BCUT2D eigenvalue weighted by Crippen LogP contribution is 2.29. The molecule has 7 heteroatoms. The molecule has 1 aromatic heterocycles. The van der Waals surface area contributed by atoms with E-state index in [4.69, 9.17) is 10.8 Å². The highest BCUT2D eigenvalue weighted by Gasteiger charge is 2.32. The van der Waals surface area contributed by atoms with Gasteiger partial charge in [-0.05, 0) is 23.9 Å². The number of anilines is 1. The summed E-state index contributed by atoms with van der Waals surface area (Å²) in [5.41, 5.74) is 5.97. The van der Waals surface area contributed by atoms with Gasteiger partial charge in [-0.1, -0.05) is 20.8 Å². The Bertz CT molecular complexity index is 505. The maximum absolute atomic E-state index is 12.3. The van der Waals surface area contributed by atoms with E-state index in [1.54, 1.807) is 6.92 Å². The van der Waals surface area contributed by atoms with E-state index < -0.39 is 17.4 Å². The smallest absolute Gasteiger partial charge is 0.340 e. The molecule has 6 nitrogen and oxygen atoms in total. The number of aromatic carboxylic acids is 1. The van der Waals surface area contributed by atoms with E-state index in [1.165, 1.54) is 11.9 Å². The van der Waals surface area contributed by atoms with Crippen LogP contribution in [0.3, 0.4) is 0 Å². The fraction of sp³-hybridized carbons (Fsp3) is 0.583. The van der Waals surface area contributed by atoms with E-state index in [-0.39, 0.29) is 11.5 Å². The van der Waals surface area contributed by atoms with Crippen molar-refractivity contribution in [3.8, 4) is 0 Å². The van der Waals surface area contributed by atoms with Crippen molar-refractivity contribution in [2.75, 3.05) is 11.9 Å². The first kappa shape index (κ1) is 15.6. The van der Waals surface area contributed by atoms with Crippen molar-refractivity contribution in [2.24, 2.45) is 11.1 Å². The summed E-state index contributed by atoms with van der Waals surface area (Å²) in [6.07, 6.45) is 0. The Balaban J connectivity index is 3.11. The Kier molecular flexibility index (Phi) is 4.32. The number of amides is 1. The van der Waals surface area contributed by atoms with E-state index in [0.29, 0.717) is 10.7 Å². The van der Waals surface area contributed by atoms with Crippen molar-refractivity contribution >= 4 is 28.4 Å². The molecule has 0 bridgehead atoms. The van der Waals surface area contributed by atoms with Gasteiger partial charge in [0.2, 0.25) is 5.91 Å². The molecule has 3 N–H and O–H groups in total. The van der Waals surface area contributed by atoms with Crippen LogP contribution in [0.2, 0.25) is 0 Å². The number of aryl methyl sites for hydroxylation is 1. The van der Waals surface area contributed by atoms with Gasteiger partial charge in [0.05, 0.1) is 11.7 Å². The molecular weight excluding hydrogens is 266 g/mol. The topological polar surface area (TPSA) is 96.5 Å². The number of aromatic nitrogens is 1. The molecule has 1 heterocycles. The SMILES string of the molecule is Cc1nsc(N(C)C(=O)C(N)C(C)(C)C)c1C(=O)O. The van der Waals surface area contributed by atoms with Gasteiger partial charge in [-0.3, -0.25) is 4.79 Å². The highest BCUT2D eigenvalue weighted by molar-refractivity contribution is 7.11. The van der Waals surface area contributed by atoms with Crippen LogP contribution >= 0.6 is 11.5 Å². The van der Waals surface area contributed by atoms with Gasteiger partial charge in [0, 0.05) is 7.05 Å². The number of carboxylic acid groups (broad SMARTS) is 1. The summed E-state index contributed by atoms with van der Waals surface area (Å²) in [7, 11) is 1.52. The first-order valence-electron chi connectivity index (χ1n) is 5.80. The Morgan fingerprint density at radius 1 is 1.42 bits per heavy atom. The summed E-state index contributed by atoms with van der Waals surface area (Å²) in [6, 6.07) is -0.707. The number of hydrogen-bond acceptors (Lipinski definition) is 5. The molecule has 0 radical (unpaired) electrons. The summed E-state index contributed by atoms with van der Waals surface area (Å²) in [6.45, 7) is 7.18. The Morgan fingerprint density at radius 2 is 1.95 bits per heavy atom. The molecule has 0 aliphatic carbocycles. The predicted molar refractivity (Wildman–Crippen MR) is 74.7 cm³/mol. The molecule has 0 saturated carbocycles. The van der Waals surface area contributed by atoms with Gasteiger partial charge in [0.15, 0.2) is 0 Å². The Hall–Kier alpha value is -1.47. The van der Waals surface area contributed by atoms with Crippen molar-refractivity contribution < 1.29 is 14.7 Å². The van der Waals surface area contributed by atoms with E-state index in [2.05, 4.69) is 4.37 Å². The average Bonchev–Trinajstić information content (AvgIpc) is 2.66. The second kappa shape index (κ2) is 5.26. The fourth-order valence-electron chi connectivity index (χ4n) is 1.51. The van der Waals surface area contributed by atoms with E-state index >= 15 is 0 Å². The molecule has 1 amide bonds. The Labute approximate surface area is 116 Å². The van der Waals surface area contributed by atoms with E-state index in [1.807, 2.05) is 20.8 Å². The minimum absolute atomic E-state index is 0.0574. The van der Waals surface area contributed by atoms with E-state index in [9.17, 15) is 9.59 Å². The second-order valence-electron chi connectivity index (χ2n) is 5.49. The van der Waals surface area contributed by atoms with Crippen molar-refractivity contribution in [1.29, 1.82) is 0 Å². The number of carboxylic acids is 1. The molecular formula is C12H19N3O3S. The van der Waals surface area contributed by atoms with E-state index in [0.717, 1.165) is 11.5 Å². The van der Waals surface area contributed by atoms with Crippen LogP contribution in [0.4, 0.5) is 5.00 Å². The maximum atomic E-state index is 12.3. The fourth-order valence-corrected chi connectivity index (χ4v) is 2.37. The number of carbonyl (C=O) groups excluding carboxylic acids is 1. The minimum Gasteiger partial charge on any atom is -0.478 e. The van der Waals surface area contributed by atoms with Gasteiger partial charge in [0.25, 0.3) is 0 Å². The van der Waals surface area contributed by atoms with Crippen LogP contribution in [-0.4, -0.2) is 34.4 Å². The van der Waals surface area contributed by atoms with Crippen LogP contribution in [0.15, 0.2) is 0 Å². The highest BCUT2D eigenvalue weighted by atomic mass is 32.1. The molecule has 1 rings (SSSR count). The quantitative estimate of drug-likeness (QED) is 0.877. The molecule has 1 unspecified atom stereocenters. The number of nitrogens with zero attached hydrogens (tertiary/aromatic N) is 2. The number of carbonyl (C=O) groups is 2. The van der Waals surface area contributed by atoms with Crippen molar-refractivity contribution in [3.63, 3.8) is 0 Å². The molecule has 0 saturated heterocycles. The number of nitrogens with two attached hydrogens (primary N) is 1. The van der Waals surface area contributed by atoms with Crippen LogP contribution in [0.1, 0.15) is 36.8 Å². The molecule has 0 aliphatic rings. The third-order valence-corrected chi connectivity index (χ3v) is 3.91. The lowest BCUT2D eigenvalue weighted by atomic mass is 9.86. The van der Waals surface area contributed by atoms with Gasteiger partial charge < -0.3 is 15.7 Å². The molecule has 1 aromatic rings. The zero-order valence-electron chi connectivity index (χ0n) is 11.7. The minimum atomic E-state index is -1.09. The maximum Gasteiger partial charge on any atom is 0.340 e. The monoisotopic (exact) mass is 285 g/mol. The Morgan fingerprint density at radius 3 is 2.37 bits per heavy atom. The first-order valence-corrected chi connectivity index (χ1v) is 6.57. The molecule has 19 heavy (non-hydrogen) atoms. The average molecular weight is 285 g/mol. The van der Waals surface area contributed by atoms with Gasteiger partial charge in [0.1, 0.15) is 10.6 Å². The lowest BCUT2D eigenvalue weighted by molar-refractivity contribution is -0.121. The van der Waals surface area contributed by atoms with Crippen LogP contribution in [0, 0.1) is 12.3 Å². The second-order valence-corrected chi connectivity index (χ2v) is 6.25. The molecule has 1 atom stereocenters. The van der Waals surface area contributed by atoms with Crippen LogP contribution in [-0.2, 0) is 4.79 Å². The number of likely N-dealkylation sites (N-methyl/N-ethyl adjacent to an activating group) is 1. The molecule has 0 fully saturated rings. The van der Waals surface area contributed by atoms with Gasteiger partial charge in [-0.2, -0.15) is 4.37 Å². The van der Waals surface area contributed by atoms with Crippen molar-refractivity contribution in [3.05, 3.63) is 11.3 Å². The summed E-state index contributed by atoms with van der Waals surface area (Å²) in [5, 5.41) is 9.48. The van der Waals surface area contributed by atoms with Gasteiger partial charge in [-0.25, -0.2) is 4.79 Å². The standard InChI is InChI=1S/C12H19N3O3S/c1-6-7(11(17)18)10(19-14-6)15(5)9(16)8(13)12(2,3)4/h8H,13H2,1-5H3,(H,17,18). The third kappa shape index (κ3) is 3.10. The summed E-state index contributed by atoms with van der Waals surface area (Å²) >= 11 is 0.988. The van der Waals surface area contributed by atoms with Gasteiger partial charge in [-0.15, -0.1) is 0 Å². The summed E-state index contributed by atoms with van der Waals surface area (Å²) < 4.78 is 3.99. The zero-order chi connectivity index (χ0) is 15.0. The van der Waals surface area contributed by atoms with Crippen molar-refractivity contribution in [1.82, 2.24) is 4.37 Å². The van der Waals surface area contributed by atoms with Gasteiger partial charge >= 0.3 is 5.97 Å². The largest absolute Gasteiger partial charge is 0.478 e. The number of hydrogen-bond donors (Lipinski definition) is 2. The van der Waals surface area contributed by atoms with Crippen LogP contribution in [0.5, 0.6) is 0 Å². The number of rotatable bonds is 3. The predicted octanol–water partition coefficient (Wildman–Crippen LogP) is 1.49. The molecule has 0 aromatic carbocycles. The van der Waals surface area contributed by atoms with Crippen molar-refractivity contribution in [2.45, 2.75) is 33.7 Å². The van der Waals surface area contributed by atoms with Crippen LogP contribution < -0.4 is 10.6 Å².